The highest BCUT2D eigenvalue weighted by Gasteiger charge is 2.29. The number of ether oxygens (including phenoxy) is 1. The molecule has 4 nitrogen and oxygen atoms in total. The zero-order valence-corrected chi connectivity index (χ0v) is 18.8. The summed E-state index contributed by atoms with van der Waals surface area (Å²) in [6, 6.07) is 5.29. The van der Waals surface area contributed by atoms with E-state index in [0.29, 0.717) is 12.4 Å². The van der Waals surface area contributed by atoms with E-state index in [1.807, 2.05) is 6.07 Å². The SMILES string of the molecule is CCCCCCCCOc1ccc(C(C)(C)CC(C)(C)C)cc1S([NH])(=O)=O. The summed E-state index contributed by atoms with van der Waals surface area (Å²) in [7, 11) is -4.09. The van der Waals surface area contributed by atoms with Crippen molar-refractivity contribution in [2.75, 3.05) is 6.61 Å². The molecule has 0 aliphatic heterocycles. The molecule has 0 bridgehead atoms. The molecule has 0 heterocycles. The van der Waals surface area contributed by atoms with E-state index in [1.165, 1.54) is 25.7 Å². The van der Waals surface area contributed by atoms with Gasteiger partial charge in [-0.25, -0.2) is 8.42 Å². The van der Waals surface area contributed by atoms with Gasteiger partial charge in [0.15, 0.2) is 0 Å². The Hall–Kier alpha value is -1.07. The Kier molecular flexibility index (Phi) is 8.81. The van der Waals surface area contributed by atoms with Crippen LogP contribution in [0.15, 0.2) is 23.1 Å². The molecule has 1 N–H and O–H groups in total. The molecule has 1 rings (SSSR count). The molecule has 155 valence electrons. The van der Waals surface area contributed by atoms with E-state index in [1.54, 1.807) is 12.1 Å². The second kappa shape index (κ2) is 9.92. The molecule has 0 amide bonds. The average Bonchev–Trinajstić information content (AvgIpc) is 2.50. The number of unbranched alkanes of at least 4 members (excludes halogenated alkanes) is 5. The van der Waals surface area contributed by atoms with Gasteiger partial charge in [0.1, 0.15) is 10.6 Å². The Morgan fingerprint density at radius 2 is 1.56 bits per heavy atom. The van der Waals surface area contributed by atoms with E-state index >= 15 is 0 Å². The van der Waals surface area contributed by atoms with Crippen LogP contribution < -0.4 is 9.88 Å². The molecule has 0 saturated heterocycles. The molecule has 0 spiro atoms. The van der Waals surface area contributed by atoms with Crippen molar-refractivity contribution in [1.29, 1.82) is 0 Å². The van der Waals surface area contributed by atoms with Gasteiger partial charge in [0.05, 0.1) is 6.61 Å². The maximum atomic E-state index is 12.0. The van der Waals surface area contributed by atoms with E-state index in [4.69, 9.17) is 9.88 Å². The second-order valence-corrected chi connectivity index (χ2v) is 10.8. The van der Waals surface area contributed by atoms with Crippen molar-refractivity contribution in [2.45, 2.75) is 96.8 Å². The maximum absolute atomic E-state index is 12.0. The fraction of sp³-hybridized carbons (Fsp3) is 0.727. The molecule has 0 fully saturated rings. The van der Waals surface area contributed by atoms with Gasteiger partial charge in [-0.3, -0.25) is 0 Å². The van der Waals surface area contributed by atoms with Crippen molar-refractivity contribution in [3.05, 3.63) is 23.8 Å². The van der Waals surface area contributed by atoms with Crippen molar-refractivity contribution >= 4 is 10.0 Å². The van der Waals surface area contributed by atoms with Crippen LogP contribution in [0.5, 0.6) is 5.75 Å². The van der Waals surface area contributed by atoms with Gasteiger partial charge in [-0.1, -0.05) is 79.7 Å². The summed E-state index contributed by atoms with van der Waals surface area (Å²) >= 11 is 0. The van der Waals surface area contributed by atoms with Crippen LogP contribution in [0.3, 0.4) is 0 Å². The Labute approximate surface area is 166 Å². The lowest BCUT2D eigenvalue weighted by atomic mass is 9.72. The number of nitrogens with one attached hydrogen (secondary N) is 1. The number of benzene rings is 1. The molecule has 1 radical (unpaired) electrons. The lowest BCUT2D eigenvalue weighted by molar-refractivity contribution is 0.281. The van der Waals surface area contributed by atoms with Gasteiger partial charge >= 0.3 is 0 Å². The van der Waals surface area contributed by atoms with E-state index < -0.39 is 10.0 Å². The Morgan fingerprint density at radius 3 is 2.11 bits per heavy atom. The topological polar surface area (TPSA) is 67.2 Å². The van der Waals surface area contributed by atoms with Crippen molar-refractivity contribution < 1.29 is 13.2 Å². The molecule has 0 unspecified atom stereocenters. The fourth-order valence-electron chi connectivity index (χ4n) is 3.75. The van der Waals surface area contributed by atoms with Crippen LogP contribution in [-0.4, -0.2) is 15.0 Å². The molecule has 0 aliphatic carbocycles. The molecule has 27 heavy (non-hydrogen) atoms. The zero-order chi connectivity index (χ0) is 20.7. The normalized spacial score (nSPS) is 13.0. The molecule has 5 heteroatoms. The van der Waals surface area contributed by atoms with E-state index in [0.717, 1.165) is 24.8 Å². The van der Waals surface area contributed by atoms with Gasteiger partial charge in [0, 0.05) is 0 Å². The Bertz CT molecular complexity index is 688. The number of hydrogen-bond acceptors (Lipinski definition) is 3. The van der Waals surface area contributed by atoms with Crippen molar-refractivity contribution in [3.8, 4) is 5.75 Å². The predicted octanol–water partition coefficient (Wildman–Crippen LogP) is 6.11. The first kappa shape index (κ1) is 24.0. The fourth-order valence-corrected chi connectivity index (χ4v) is 4.42. The summed E-state index contributed by atoms with van der Waals surface area (Å²) < 4.78 is 29.8. The third-order valence-corrected chi connectivity index (χ3v) is 5.64. The minimum Gasteiger partial charge on any atom is -0.492 e. The summed E-state index contributed by atoms with van der Waals surface area (Å²) in [5, 5.41) is 7.58. The van der Waals surface area contributed by atoms with Crippen LogP contribution in [0.2, 0.25) is 0 Å². The highest BCUT2D eigenvalue weighted by molar-refractivity contribution is 7.89. The van der Waals surface area contributed by atoms with E-state index in [-0.39, 0.29) is 15.7 Å². The molecular formula is C22H38NO3S. The van der Waals surface area contributed by atoms with Crippen LogP contribution in [0, 0.1) is 5.41 Å². The first-order valence-electron chi connectivity index (χ1n) is 10.1. The predicted molar refractivity (Wildman–Crippen MR) is 113 cm³/mol. The summed E-state index contributed by atoms with van der Waals surface area (Å²) in [5.74, 6) is 0.300. The second-order valence-electron chi connectivity index (χ2n) is 9.40. The highest BCUT2D eigenvalue weighted by Crippen LogP contribution is 2.38. The molecule has 1 aromatic carbocycles. The summed E-state index contributed by atoms with van der Waals surface area (Å²) in [4.78, 5) is -0.0204. The van der Waals surface area contributed by atoms with Gasteiger partial charge < -0.3 is 4.74 Å². The number of sulfonamides is 1. The Balaban J connectivity index is 2.89. The van der Waals surface area contributed by atoms with Crippen molar-refractivity contribution in [1.82, 2.24) is 5.14 Å². The minimum atomic E-state index is -4.09. The van der Waals surface area contributed by atoms with Crippen LogP contribution in [0.25, 0.3) is 0 Å². The monoisotopic (exact) mass is 396 g/mol. The van der Waals surface area contributed by atoms with Gasteiger partial charge in [0.25, 0.3) is 10.0 Å². The minimum absolute atomic E-state index is 0.0204. The van der Waals surface area contributed by atoms with Crippen LogP contribution in [0.4, 0.5) is 0 Å². The van der Waals surface area contributed by atoms with Gasteiger partial charge in [-0.2, -0.15) is 0 Å². The number of hydrogen-bond donors (Lipinski definition) is 0. The zero-order valence-electron chi connectivity index (χ0n) is 18.0. The molecule has 0 aliphatic rings. The summed E-state index contributed by atoms with van der Waals surface area (Å²) in [5.41, 5.74) is 0.863. The maximum Gasteiger partial charge on any atom is 0.257 e. The van der Waals surface area contributed by atoms with E-state index in [2.05, 4.69) is 41.5 Å². The van der Waals surface area contributed by atoms with Crippen molar-refractivity contribution in [2.24, 2.45) is 5.41 Å². The van der Waals surface area contributed by atoms with Gasteiger partial charge in [-0.05, 0) is 41.4 Å². The molecule has 1 aromatic rings. The molecular weight excluding hydrogens is 358 g/mol. The molecule has 0 aromatic heterocycles. The quantitative estimate of drug-likeness (QED) is 0.424. The van der Waals surface area contributed by atoms with E-state index in [9.17, 15) is 8.42 Å². The van der Waals surface area contributed by atoms with Crippen LogP contribution in [0.1, 0.15) is 92.1 Å². The molecule has 0 saturated carbocycles. The standard InChI is InChI=1S/C22H38NO3S/c1-7-8-9-10-11-12-15-26-19-14-13-18(16-20(19)27(23,24)25)22(5,6)17-21(2,3)4/h13-14,16,23H,7-12,15,17H2,1-6H3. The molecule has 0 atom stereocenters. The summed E-state index contributed by atoms with van der Waals surface area (Å²) in [6.07, 6.45) is 7.79. The van der Waals surface area contributed by atoms with Gasteiger partial charge in [0.2, 0.25) is 0 Å². The largest absolute Gasteiger partial charge is 0.492 e. The average molecular weight is 397 g/mol. The Morgan fingerprint density at radius 1 is 0.963 bits per heavy atom. The summed E-state index contributed by atoms with van der Waals surface area (Å²) in [6.45, 7) is 13.4. The lowest BCUT2D eigenvalue weighted by Crippen LogP contribution is -2.25. The number of rotatable bonds is 11. The van der Waals surface area contributed by atoms with Gasteiger partial charge in [-0.15, -0.1) is 5.14 Å². The lowest BCUT2D eigenvalue weighted by Gasteiger charge is -2.33. The first-order valence-corrected chi connectivity index (χ1v) is 11.6. The highest BCUT2D eigenvalue weighted by atomic mass is 32.2. The smallest absolute Gasteiger partial charge is 0.257 e. The van der Waals surface area contributed by atoms with Crippen LogP contribution in [-0.2, 0) is 15.4 Å². The third-order valence-electron chi connectivity index (χ3n) is 4.74. The first-order chi connectivity index (χ1) is 12.4. The van der Waals surface area contributed by atoms with Crippen molar-refractivity contribution in [3.63, 3.8) is 0 Å². The van der Waals surface area contributed by atoms with Crippen LogP contribution >= 0.6 is 0 Å². The third kappa shape index (κ3) is 8.65.